The molecule has 0 heterocycles. The molecular weight excluding hydrogens is 266 g/mol. The standard InChI is InChI=1S/C17H25NOS/c1-3-18(15-10-5-4-6-11-15)17(19)13-20-16-12-8-7-9-14(16)2/h7-9,12,15H,3-6,10-11,13H2,1-2H3. The number of nitrogens with zero attached hydrogens (tertiary/aromatic N) is 1. The molecule has 0 bridgehead atoms. The number of aryl methyl sites for hydroxylation is 1. The van der Waals surface area contributed by atoms with E-state index in [4.69, 9.17) is 0 Å². The third kappa shape index (κ3) is 4.02. The first-order valence-electron chi connectivity index (χ1n) is 7.70. The number of rotatable bonds is 5. The first-order valence-corrected chi connectivity index (χ1v) is 8.69. The van der Waals surface area contributed by atoms with E-state index in [1.807, 2.05) is 12.1 Å². The summed E-state index contributed by atoms with van der Waals surface area (Å²) in [5.41, 5.74) is 1.26. The van der Waals surface area contributed by atoms with Gasteiger partial charge in [-0.05, 0) is 38.3 Å². The van der Waals surface area contributed by atoms with Crippen LogP contribution in [0.5, 0.6) is 0 Å². The average Bonchev–Trinajstić information content (AvgIpc) is 2.48. The first-order chi connectivity index (χ1) is 9.72. The molecule has 0 saturated heterocycles. The molecule has 2 nitrogen and oxygen atoms in total. The van der Waals surface area contributed by atoms with Crippen LogP contribution in [-0.4, -0.2) is 29.1 Å². The van der Waals surface area contributed by atoms with E-state index in [0.29, 0.717) is 17.7 Å². The molecule has 0 radical (unpaired) electrons. The Morgan fingerprint density at radius 3 is 2.60 bits per heavy atom. The minimum Gasteiger partial charge on any atom is -0.339 e. The Bertz CT molecular complexity index is 440. The summed E-state index contributed by atoms with van der Waals surface area (Å²) < 4.78 is 0. The first kappa shape index (κ1) is 15.4. The van der Waals surface area contributed by atoms with Crippen molar-refractivity contribution in [2.75, 3.05) is 12.3 Å². The highest BCUT2D eigenvalue weighted by Gasteiger charge is 2.23. The van der Waals surface area contributed by atoms with Crippen LogP contribution in [0.1, 0.15) is 44.6 Å². The van der Waals surface area contributed by atoms with E-state index in [2.05, 4.69) is 30.9 Å². The molecular formula is C17H25NOS. The van der Waals surface area contributed by atoms with Gasteiger partial charge in [-0.1, -0.05) is 37.5 Å². The molecule has 1 saturated carbocycles. The fraction of sp³-hybridized carbons (Fsp3) is 0.588. The fourth-order valence-corrected chi connectivity index (χ4v) is 3.89. The summed E-state index contributed by atoms with van der Waals surface area (Å²) in [6, 6.07) is 8.77. The number of amides is 1. The van der Waals surface area contributed by atoms with Crippen LogP contribution in [0, 0.1) is 6.92 Å². The molecule has 0 aromatic heterocycles. The Morgan fingerprint density at radius 2 is 1.95 bits per heavy atom. The molecule has 1 aliphatic rings. The Labute approximate surface area is 126 Å². The lowest BCUT2D eigenvalue weighted by molar-refractivity contribution is -0.131. The second-order valence-electron chi connectivity index (χ2n) is 5.53. The summed E-state index contributed by atoms with van der Waals surface area (Å²) in [6.45, 7) is 5.05. The Morgan fingerprint density at radius 1 is 1.25 bits per heavy atom. The van der Waals surface area contributed by atoms with Crippen molar-refractivity contribution in [1.29, 1.82) is 0 Å². The highest BCUT2D eigenvalue weighted by atomic mass is 32.2. The maximum Gasteiger partial charge on any atom is 0.233 e. The Kier molecular flexibility index (Phi) is 5.96. The number of benzene rings is 1. The van der Waals surface area contributed by atoms with E-state index in [-0.39, 0.29) is 0 Å². The van der Waals surface area contributed by atoms with Crippen LogP contribution in [0.4, 0.5) is 0 Å². The van der Waals surface area contributed by atoms with Crippen molar-refractivity contribution in [3.8, 4) is 0 Å². The summed E-state index contributed by atoms with van der Waals surface area (Å²) in [6.07, 6.45) is 6.27. The van der Waals surface area contributed by atoms with Crippen LogP contribution in [0.15, 0.2) is 29.2 Å². The molecule has 2 rings (SSSR count). The minimum atomic E-state index is 0.299. The SMILES string of the molecule is CCN(C(=O)CSc1ccccc1C)C1CCCCC1. The van der Waals surface area contributed by atoms with Gasteiger partial charge in [-0.15, -0.1) is 11.8 Å². The van der Waals surface area contributed by atoms with Gasteiger partial charge in [0.05, 0.1) is 5.75 Å². The van der Waals surface area contributed by atoms with E-state index in [1.165, 1.54) is 42.6 Å². The van der Waals surface area contributed by atoms with Crippen LogP contribution in [-0.2, 0) is 4.79 Å². The molecule has 0 N–H and O–H groups in total. The van der Waals surface area contributed by atoms with Crippen molar-refractivity contribution in [2.45, 2.75) is 56.9 Å². The van der Waals surface area contributed by atoms with Crippen molar-refractivity contribution < 1.29 is 4.79 Å². The van der Waals surface area contributed by atoms with Crippen molar-refractivity contribution in [1.82, 2.24) is 4.90 Å². The zero-order valence-corrected chi connectivity index (χ0v) is 13.4. The van der Waals surface area contributed by atoms with E-state index in [9.17, 15) is 4.79 Å². The molecule has 0 unspecified atom stereocenters. The largest absolute Gasteiger partial charge is 0.339 e. The molecule has 1 aromatic carbocycles. The smallest absolute Gasteiger partial charge is 0.233 e. The van der Waals surface area contributed by atoms with Crippen LogP contribution in [0.2, 0.25) is 0 Å². The number of carbonyl (C=O) groups is 1. The maximum atomic E-state index is 12.5. The predicted molar refractivity (Wildman–Crippen MR) is 86.2 cm³/mol. The lowest BCUT2D eigenvalue weighted by atomic mass is 9.94. The topological polar surface area (TPSA) is 20.3 Å². The van der Waals surface area contributed by atoms with Crippen LogP contribution < -0.4 is 0 Å². The molecule has 0 spiro atoms. The van der Waals surface area contributed by atoms with Crippen LogP contribution in [0.25, 0.3) is 0 Å². The van der Waals surface area contributed by atoms with E-state index in [1.54, 1.807) is 11.8 Å². The average molecular weight is 291 g/mol. The fourth-order valence-electron chi connectivity index (χ4n) is 2.97. The summed E-state index contributed by atoms with van der Waals surface area (Å²) in [4.78, 5) is 15.8. The molecule has 20 heavy (non-hydrogen) atoms. The number of thioether (sulfide) groups is 1. The molecule has 1 amide bonds. The quantitative estimate of drug-likeness (QED) is 0.755. The minimum absolute atomic E-state index is 0.299. The molecule has 0 aliphatic heterocycles. The third-order valence-corrected chi connectivity index (χ3v) is 5.28. The van der Waals surface area contributed by atoms with Gasteiger partial charge in [0.15, 0.2) is 0 Å². The van der Waals surface area contributed by atoms with Gasteiger partial charge in [0, 0.05) is 17.5 Å². The monoisotopic (exact) mass is 291 g/mol. The number of hydrogen-bond acceptors (Lipinski definition) is 2. The van der Waals surface area contributed by atoms with Crippen molar-refractivity contribution in [3.63, 3.8) is 0 Å². The summed E-state index contributed by atoms with van der Waals surface area (Å²) in [5.74, 6) is 0.863. The number of carbonyl (C=O) groups excluding carboxylic acids is 1. The molecule has 110 valence electrons. The highest BCUT2D eigenvalue weighted by Crippen LogP contribution is 2.25. The van der Waals surface area contributed by atoms with Crippen molar-refractivity contribution in [3.05, 3.63) is 29.8 Å². The molecule has 1 fully saturated rings. The lowest BCUT2D eigenvalue weighted by Crippen LogP contribution is -2.42. The van der Waals surface area contributed by atoms with Gasteiger partial charge in [0.1, 0.15) is 0 Å². The van der Waals surface area contributed by atoms with Gasteiger partial charge in [-0.25, -0.2) is 0 Å². The predicted octanol–water partition coefficient (Wildman–Crippen LogP) is 4.27. The number of hydrogen-bond donors (Lipinski definition) is 0. The zero-order valence-electron chi connectivity index (χ0n) is 12.6. The Balaban J connectivity index is 1.90. The van der Waals surface area contributed by atoms with Gasteiger partial charge in [0.25, 0.3) is 0 Å². The van der Waals surface area contributed by atoms with Gasteiger partial charge >= 0.3 is 0 Å². The van der Waals surface area contributed by atoms with Crippen molar-refractivity contribution in [2.24, 2.45) is 0 Å². The summed E-state index contributed by atoms with van der Waals surface area (Å²) in [5, 5.41) is 0. The van der Waals surface area contributed by atoms with Crippen LogP contribution in [0.3, 0.4) is 0 Å². The lowest BCUT2D eigenvalue weighted by Gasteiger charge is -2.33. The van der Waals surface area contributed by atoms with Gasteiger partial charge < -0.3 is 4.90 Å². The summed E-state index contributed by atoms with van der Waals surface area (Å²) >= 11 is 1.67. The normalized spacial score (nSPS) is 16.1. The van der Waals surface area contributed by atoms with Crippen molar-refractivity contribution >= 4 is 17.7 Å². The van der Waals surface area contributed by atoms with E-state index in [0.717, 1.165) is 6.54 Å². The Hall–Kier alpha value is -0.960. The van der Waals surface area contributed by atoms with E-state index < -0.39 is 0 Å². The second kappa shape index (κ2) is 7.72. The molecule has 3 heteroatoms. The van der Waals surface area contributed by atoms with Gasteiger partial charge in [0.2, 0.25) is 5.91 Å². The summed E-state index contributed by atoms with van der Waals surface area (Å²) in [7, 11) is 0. The van der Waals surface area contributed by atoms with Crippen LogP contribution >= 0.6 is 11.8 Å². The highest BCUT2D eigenvalue weighted by molar-refractivity contribution is 8.00. The zero-order chi connectivity index (χ0) is 14.4. The maximum absolute atomic E-state index is 12.5. The van der Waals surface area contributed by atoms with Gasteiger partial charge in [-0.2, -0.15) is 0 Å². The molecule has 1 aromatic rings. The molecule has 0 atom stereocenters. The third-order valence-electron chi connectivity index (χ3n) is 4.12. The second-order valence-corrected chi connectivity index (χ2v) is 6.54. The van der Waals surface area contributed by atoms with E-state index >= 15 is 0 Å². The van der Waals surface area contributed by atoms with Gasteiger partial charge in [-0.3, -0.25) is 4.79 Å². The molecule has 1 aliphatic carbocycles.